The molecule has 4 aromatic rings. The van der Waals surface area contributed by atoms with E-state index in [4.69, 9.17) is 9.72 Å². The number of pyridine rings is 1. The van der Waals surface area contributed by atoms with Crippen LogP contribution >= 0.6 is 11.8 Å². The van der Waals surface area contributed by atoms with Crippen molar-refractivity contribution in [2.24, 2.45) is 0 Å². The number of rotatable bonds is 9. The molecule has 0 amide bonds. The summed E-state index contributed by atoms with van der Waals surface area (Å²) in [6, 6.07) is 27.1. The predicted octanol–water partition coefficient (Wildman–Crippen LogP) is 6.74. The van der Waals surface area contributed by atoms with Gasteiger partial charge >= 0.3 is 0 Å². The molecule has 0 saturated carbocycles. The first-order valence-electron chi connectivity index (χ1n) is 13.2. The number of aliphatic hydroxyl groups is 1. The Labute approximate surface area is 230 Å². The molecule has 0 bridgehead atoms. The van der Waals surface area contributed by atoms with E-state index in [-0.39, 0.29) is 0 Å². The summed E-state index contributed by atoms with van der Waals surface area (Å²) < 4.78 is 5.88. The molecular formula is C33H36N2O2S. The second-order valence-corrected chi connectivity index (χ2v) is 11.4. The minimum Gasteiger partial charge on any atom is -0.481 e. The molecule has 0 aliphatic carbocycles. The molecule has 1 N–H and O–H groups in total. The zero-order chi connectivity index (χ0) is 26.5. The van der Waals surface area contributed by atoms with Gasteiger partial charge in [0.15, 0.2) is 0 Å². The van der Waals surface area contributed by atoms with Crippen molar-refractivity contribution in [1.82, 2.24) is 9.88 Å². The van der Waals surface area contributed by atoms with Crippen LogP contribution in [0.15, 0.2) is 91.1 Å². The third-order valence-corrected chi connectivity index (χ3v) is 8.42. The van der Waals surface area contributed by atoms with Crippen molar-refractivity contribution in [3.05, 3.63) is 113 Å². The normalized spacial score (nSPS) is 16.2. The topological polar surface area (TPSA) is 45.6 Å². The van der Waals surface area contributed by atoms with Crippen LogP contribution in [0, 0.1) is 0 Å². The van der Waals surface area contributed by atoms with Crippen LogP contribution in [-0.4, -0.2) is 54.2 Å². The van der Waals surface area contributed by atoms with Gasteiger partial charge in [-0.3, -0.25) is 0 Å². The number of aromatic nitrogens is 1. The van der Waals surface area contributed by atoms with Crippen LogP contribution in [0.25, 0.3) is 16.3 Å². The summed E-state index contributed by atoms with van der Waals surface area (Å²) in [6.07, 6.45) is 5.79. The second-order valence-electron chi connectivity index (χ2n) is 10.2. The number of hydrogen-bond donors (Lipinski definition) is 1. The molecule has 5 heteroatoms. The minimum atomic E-state index is -1.23. The number of hydrogen-bond acceptors (Lipinski definition) is 5. The summed E-state index contributed by atoms with van der Waals surface area (Å²) in [4.78, 5) is 6.93. The molecule has 196 valence electrons. The molecule has 0 saturated heterocycles. The predicted molar refractivity (Wildman–Crippen MR) is 160 cm³/mol. The van der Waals surface area contributed by atoms with Crippen LogP contribution in [-0.2, 0) is 5.60 Å². The van der Waals surface area contributed by atoms with Gasteiger partial charge in [0.2, 0.25) is 5.88 Å². The molecule has 2 heterocycles. The van der Waals surface area contributed by atoms with E-state index in [0.717, 1.165) is 57.5 Å². The van der Waals surface area contributed by atoms with Gasteiger partial charge in [-0.05, 0) is 71.8 Å². The summed E-state index contributed by atoms with van der Waals surface area (Å²) in [5.41, 5.74) is 4.06. The lowest BCUT2D eigenvalue weighted by Gasteiger charge is -2.39. The van der Waals surface area contributed by atoms with E-state index in [2.05, 4.69) is 73.6 Å². The van der Waals surface area contributed by atoms with Gasteiger partial charge in [0.25, 0.3) is 0 Å². The van der Waals surface area contributed by atoms with Crippen molar-refractivity contribution in [2.75, 3.05) is 39.3 Å². The highest BCUT2D eigenvalue weighted by Gasteiger charge is 2.43. The largest absolute Gasteiger partial charge is 0.481 e. The van der Waals surface area contributed by atoms with Gasteiger partial charge in [0.1, 0.15) is 5.60 Å². The van der Waals surface area contributed by atoms with E-state index < -0.39 is 11.5 Å². The van der Waals surface area contributed by atoms with Gasteiger partial charge in [-0.25, -0.2) is 4.98 Å². The van der Waals surface area contributed by atoms with Gasteiger partial charge in [0.05, 0.1) is 7.11 Å². The van der Waals surface area contributed by atoms with Crippen molar-refractivity contribution >= 4 is 28.1 Å². The number of allylic oxidation sites excluding steroid dienone is 1. The molecule has 4 nitrogen and oxygen atoms in total. The first-order valence-corrected chi connectivity index (χ1v) is 14.4. The fourth-order valence-corrected chi connectivity index (χ4v) is 6.45. The Balaban J connectivity index is 1.78. The lowest BCUT2D eigenvalue weighted by atomic mass is 9.70. The van der Waals surface area contributed by atoms with E-state index in [9.17, 15) is 5.11 Å². The van der Waals surface area contributed by atoms with Gasteiger partial charge in [0, 0.05) is 30.0 Å². The summed E-state index contributed by atoms with van der Waals surface area (Å²) in [5, 5.41) is 15.3. The molecule has 1 aliphatic rings. The number of ether oxygens (including phenoxy) is 1. The van der Waals surface area contributed by atoms with E-state index in [1.807, 2.05) is 48.3 Å². The maximum absolute atomic E-state index is 13.1. The second kappa shape index (κ2) is 11.7. The number of methoxy groups -OCH3 is 1. The summed E-state index contributed by atoms with van der Waals surface area (Å²) in [6.45, 7) is 0.723. The standard InChI is InChI=1S/C33H36N2O2S/c1-35(2)19-18-33(36,30-15-9-13-25-10-7-8-14-28(25)30)31(26-11-5-4-6-12-26)29-22-27(23-34-32(29)37-3)24-16-20-38-21-17-24/h4-16,22-23,31,36H,17-21H2,1-3H3. The SMILES string of the molecule is COc1ncc(C2=CCSCC2)cc1C(c1ccccc1)C(O)(CCN(C)C)c1cccc2ccccc12. The zero-order valence-electron chi connectivity index (χ0n) is 22.4. The minimum absolute atomic E-state index is 0.393. The van der Waals surface area contributed by atoms with Gasteiger partial charge in [-0.15, -0.1) is 0 Å². The van der Waals surface area contributed by atoms with Gasteiger partial charge < -0.3 is 14.7 Å². The Bertz CT molecular complexity index is 1410. The summed E-state index contributed by atoms with van der Waals surface area (Å²) in [5.74, 6) is 2.28. The number of thioether (sulfide) groups is 1. The highest BCUT2D eigenvalue weighted by atomic mass is 32.2. The van der Waals surface area contributed by atoms with Crippen LogP contribution in [0.2, 0.25) is 0 Å². The Morgan fingerprint density at radius 2 is 1.79 bits per heavy atom. The number of benzene rings is 3. The number of nitrogens with zero attached hydrogens (tertiary/aromatic N) is 2. The molecule has 2 atom stereocenters. The van der Waals surface area contributed by atoms with Gasteiger partial charge in [-0.1, -0.05) is 78.9 Å². The first kappa shape index (κ1) is 26.5. The molecule has 5 rings (SSSR count). The van der Waals surface area contributed by atoms with Crippen molar-refractivity contribution in [3.63, 3.8) is 0 Å². The van der Waals surface area contributed by atoms with E-state index in [0.29, 0.717) is 12.3 Å². The van der Waals surface area contributed by atoms with Crippen molar-refractivity contribution in [2.45, 2.75) is 24.4 Å². The molecule has 3 aromatic carbocycles. The maximum atomic E-state index is 13.1. The zero-order valence-corrected chi connectivity index (χ0v) is 23.2. The van der Waals surface area contributed by atoms with Crippen LogP contribution in [0.1, 0.15) is 41.0 Å². The Morgan fingerprint density at radius 3 is 2.53 bits per heavy atom. The van der Waals surface area contributed by atoms with Crippen LogP contribution < -0.4 is 4.74 Å². The van der Waals surface area contributed by atoms with Crippen LogP contribution in [0.4, 0.5) is 0 Å². The fourth-order valence-electron chi connectivity index (χ4n) is 5.60. The lowest BCUT2D eigenvalue weighted by molar-refractivity contribution is 0.00515. The van der Waals surface area contributed by atoms with E-state index in [1.54, 1.807) is 7.11 Å². The molecule has 38 heavy (non-hydrogen) atoms. The Morgan fingerprint density at radius 1 is 1.03 bits per heavy atom. The smallest absolute Gasteiger partial charge is 0.217 e. The maximum Gasteiger partial charge on any atom is 0.217 e. The van der Waals surface area contributed by atoms with Crippen molar-refractivity contribution < 1.29 is 9.84 Å². The van der Waals surface area contributed by atoms with E-state index >= 15 is 0 Å². The molecule has 0 fully saturated rings. The van der Waals surface area contributed by atoms with Crippen LogP contribution in [0.3, 0.4) is 0 Å². The molecule has 2 unspecified atom stereocenters. The quantitative estimate of drug-likeness (QED) is 0.263. The van der Waals surface area contributed by atoms with Crippen molar-refractivity contribution in [3.8, 4) is 5.88 Å². The summed E-state index contributed by atoms with van der Waals surface area (Å²) in [7, 11) is 5.77. The van der Waals surface area contributed by atoms with Crippen LogP contribution in [0.5, 0.6) is 5.88 Å². The van der Waals surface area contributed by atoms with E-state index in [1.165, 1.54) is 5.57 Å². The third-order valence-electron chi connectivity index (χ3n) is 7.52. The third kappa shape index (κ3) is 5.37. The first-order chi connectivity index (χ1) is 18.5. The molecule has 1 aliphatic heterocycles. The molecule has 0 radical (unpaired) electrons. The molecule has 1 aromatic heterocycles. The Hall–Kier alpha value is -3.12. The average molecular weight is 525 g/mol. The van der Waals surface area contributed by atoms with Crippen molar-refractivity contribution in [1.29, 1.82) is 0 Å². The number of fused-ring (bicyclic) bond motifs is 1. The average Bonchev–Trinajstić information content (AvgIpc) is 2.97. The summed E-state index contributed by atoms with van der Waals surface area (Å²) >= 11 is 1.95. The molecule has 0 spiro atoms. The lowest BCUT2D eigenvalue weighted by Crippen LogP contribution is -2.38. The van der Waals surface area contributed by atoms with Gasteiger partial charge in [-0.2, -0.15) is 11.8 Å². The highest BCUT2D eigenvalue weighted by Crippen LogP contribution is 2.49. The Kier molecular flexibility index (Phi) is 8.18. The fraction of sp³-hybridized carbons (Fsp3) is 0.303. The monoisotopic (exact) mass is 524 g/mol. The highest BCUT2D eigenvalue weighted by molar-refractivity contribution is 7.99. The molecular weight excluding hydrogens is 488 g/mol.